The zero-order chi connectivity index (χ0) is 12.1. The van der Waals surface area contributed by atoms with Gasteiger partial charge in [0.05, 0.1) is 5.75 Å². The number of hydrogen-bond acceptors (Lipinski definition) is 3. The molecule has 1 heterocycles. The second-order valence-electron chi connectivity index (χ2n) is 5.47. The Hall–Kier alpha value is 0.160. The van der Waals surface area contributed by atoms with Crippen LogP contribution in [0.3, 0.4) is 0 Å². The van der Waals surface area contributed by atoms with Crippen LogP contribution in [0, 0.1) is 11.8 Å². The van der Waals surface area contributed by atoms with Crippen LogP contribution in [0.15, 0.2) is 0 Å². The van der Waals surface area contributed by atoms with E-state index in [0.29, 0.717) is 24.1 Å². The molecule has 0 aromatic heterocycles. The maximum Gasteiger partial charge on any atom is 0.211 e. The first-order valence-corrected chi connectivity index (χ1v) is 8.49. The number of nitrogens with one attached hydrogen (secondary N) is 2. The molecule has 6 heteroatoms. The van der Waals surface area contributed by atoms with Crippen molar-refractivity contribution >= 4 is 22.4 Å². The van der Waals surface area contributed by atoms with Crippen LogP contribution in [-0.4, -0.2) is 33.8 Å². The minimum Gasteiger partial charge on any atom is -0.316 e. The molecular formula is C12H25ClN2O2S. The summed E-state index contributed by atoms with van der Waals surface area (Å²) >= 11 is 0. The molecule has 1 unspecified atom stereocenters. The molecule has 108 valence electrons. The van der Waals surface area contributed by atoms with Crippen LogP contribution in [-0.2, 0) is 10.0 Å². The molecule has 0 spiro atoms. The number of halogens is 1. The maximum atomic E-state index is 11.8. The van der Waals surface area contributed by atoms with Crippen molar-refractivity contribution in [3.63, 3.8) is 0 Å². The van der Waals surface area contributed by atoms with E-state index in [1.165, 1.54) is 19.3 Å². The van der Waals surface area contributed by atoms with Gasteiger partial charge in [0.2, 0.25) is 10.0 Å². The maximum absolute atomic E-state index is 11.8. The molecule has 2 fully saturated rings. The van der Waals surface area contributed by atoms with E-state index in [-0.39, 0.29) is 12.4 Å². The lowest BCUT2D eigenvalue weighted by molar-refractivity contribution is 0.512. The Balaban J connectivity index is 0.00000162. The Morgan fingerprint density at radius 3 is 2.44 bits per heavy atom. The van der Waals surface area contributed by atoms with E-state index in [0.717, 1.165) is 32.4 Å². The average Bonchev–Trinajstić information content (AvgIpc) is 2.89. The third-order valence-corrected chi connectivity index (χ3v) is 5.52. The smallest absolute Gasteiger partial charge is 0.211 e. The fraction of sp³-hybridized carbons (Fsp3) is 1.00. The van der Waals surface area contributed by atoms with Gasteiger partial charge in [-0.25, -0.2) is 13.1 Å². The van der Waals surface area contributed by atoms with Crippen LogP contribution in [0.2, 0.25) is 0 Å². The molecule has 2 rings (SSSR count). The summed E-state index contributed by atoms with van der Waals surface area (Å²) in [6, 6.07) is 0. The topological polar surface area (TPSA) is 58.2 Å². The van der Waals surface area contributed by atoms with Gasteiger partial charge in [-0.15, -0.1) is 12.4 Å². The first kappa shape index (κ1) is 16.2. The summed E-state index contributed by atoms with van der Waals surface area (Å²) in [5, 5.41) is 3.30. The summed E-state index contributed by atoms with van der Waals surface area (Å²) in [4.78, 5) is 0. The molecule has 0 aromatic rings. The Bertz CT molecular complexity index is 323. The highest BCUT2D eigenvalue weighted by molar-refractivity contribution is 7.89. The quantitative estimate of drug-likeness (QED) is 0.781. The molecule has 0 amide bonds. The van der Waals surface area contributed by atoms with Gasteiger partial charge in [0, 0.05) is 6.54 Å². The zero-order valence-corrected chi connectivity index (χ0v) is 12.5. The van der Waals surface area contributed by atoms with E-state index < -0.39 is 10.0 Å². The number of rotatable bonds is 6. The Morgan fingerprint density at radius 2 is 1.83 bits per heavy atom. The first-order valence-electron chi connectivity index (χ1n) is 6.84. The lowest BCUT2D eigenvalue weighted by atomic mass is 10.1. The summed E-state index contributed by atoms with van der Waals surface area (Å²) in [6.45, 7) is 2.74. The first-order chi connectivity index (χ1) is 8.16. The molecule has 2 N–H and O–H groups in total. The van der Waals surface area contributed by atoms with E-state index in [1.54, 1.807) is 0 Å². The van der Waals surface area contributed by atoms with Crippen LogP contribution < -0.4 is 10.0 Å². The Labute approximate surface area is 117 Å². The van der Waals surface area contributed by atoms with Gasteiger partial charge in [0.25, 0.3) is 0 Å². The van der Waals surface area contributed by atoms with E-state index in [4.69, 9.17) is 0 Å². The van der Waals surface area contributed by atoms with Gasteiger partial charge in [-0.2, -0.15) is 0 Å². The van der Waals surface area contributed by atoms with Crippen molar-refractivity contribution in [3.8, 4) is 0 Å². The minimum atomic E-state index is -3.03. The normalized spacial score (nSPS) is 25.2. The molecular weight excluding hydrogens is 272 g/mol. The van der Waals surface area contributed by atoms with Crippen LogP contribution in [0.4, 0.5) is 0 Å². The van der Waals surface area contributed by atoms with Crippen molar-refractivity contribution in [2.75, 3.05) is 25.4 Å². The number of hydrogen-bond donors (Lipinski definition) is 2. The van der Waals surface area contributed by atoms with Gasteiger partial charge in [-0.3, -0.25) is 0 Å². The van der Waals surface area contributed by atoms with Gasteiger partial charge in [-0.1, -0.05) is 12.8 Å². The third kappa shape index (κ3) is 5.43. The Kier molecular flexibility index (Phi) is 6.92. The summed E-state index contributed by atoms with van der Waals surface area (Å²) in [5.41, 5.74) is 0. The van der Waals surface area contributed by atoms with Crippen LogP contribution >= 0.6 is 12.4 Å². The highest BCUT2D eigenvalue weighted by Gasteiger charge is 2.22. The van der Waals surface area contributed by atoms with Crippen molar-refractivity contribution in [1.82, 2.24) is 10.0 Å². The van der Waals surface area contributed by atoms with Crippen LogP contribution in [0.25, 0.3) is 0 Å². The highest BCUT2D eigenvalue weighted by Crippen LogP contribution is 2.25. The largest absolute Gasteiger partial charge is 0.316 e. The summed E-state index contributed by atoms with van der Waals surface area (Å²) in [5.74, 6) is 1.40. The molecule has 1 saturated heterocycles. The standard InChI is InChI=1S/C12H24N2O2S.ClH/c15-17(16,10-12-3-1-2-4-12)14-8-6-11-5-7-13-9-11;/h11-14H,1-10H2;1H. The van der Waals surface area contributed by atoms with E-state index in [1.807, 2.05) is 0 Å². The van der Waals surface area contributed by atoms with E-state index in [2.05, 4.69) is 10.0 Å². The molecule has 18 heavy (non-hydrogen) atoms. The third-order valence-electron chi connectivity index (χ3n) is 3.97. The molecule has 1 aliphatic carbocycles. The van der Waals surface area contributed by atoms with Crippen molar-refractivity contribution in [1.29, 1.82) is 0 Å². The lowest BCUT2D eigenvalue weighted by Gasteiger charge is -2.12. The van der Waals surface area contributed by atoms with Crippen molar-refractivity contribution < 1.29 is 8.42 Å². The number of sulfonamides is 1. The predicted octanol–water partition coefficient (Wildman–Crippen LogP) is 1.52. The minimum absolute atomic E-state index is 0. The summed E-state index contributed by atoms with van der Waals surface area (Å²) < 4.78 is 26.4. The van der Waals surface area contributed by atoms with Crippen molar-refractivity contribution in [3.05, 3.63) is 0 Å². The fourth-order valence-electron chi connectivity index (χ4n) is 2.93. The predicted molar refractivity (Wildman–Crippen MR) is 76.6 cm³/mol. The van der Waals surface area contributed by atoms with Gasteiger partial charge in [0.15, 0.2) is 0 Å². The second-order valence-corrected chi connectivity index (χ2v) is 7.33. The van der Waals surface area contributed by atoms with Gasteiger partial charge >= 0.3 is 0 Å². The molecule has 2 aliphatic rings. The van der Waals surface area contributed by atoms with Crippen LogP contribution in [0.1, 0.15) is 38.5 Å². The molecule has 0 bridgehead atoms. The average molecular weight is 297 g/mol. The second kappa shape index (κ2) is 7.68. The molecule has 1 atom stereocenters. The molecule has 0 radical (unpaired) electrons. The van der Waals surface area contributed by atoms with Crippen LogP contribution in [0.5, 0.6) is 0 Å². The summed E-state index contributed by atoms with van der Waals surface area (Å²) in [6.07, 6.45) is 6.74. The Morgan fingerprint density at radius 1 is 1.11 bits per heavy atom. The van der Waals surface area contributed by atoms with Gasteiger partial charge in [0.1, 0.15) is 0 Å². The van der Waals surface area contributed by atoms with E-state index >= 15 is 0 Å². The monoisotopic (exact) mass is 296 g/mol. The zero-order valence-electron chi connectivity index (χ0n) is 10.9. The van der Waals surface area contributed by atoms with Gasteiger partial charge < -0.3 is 5.32 Å². The fourth-order valence-corrected chi connectivity index (χ4v) is 4.43. The molecule has 0 aromatic carbocycles. The van der Waals surface area contributed by atoms with E-state index in [9.17, 15) is 8.42 Å². The molecule has 1 saturated carbocycles. The summed E-state index contributed by atoms with van der Waals surface area (Å²) in [7, 11) is -3.03. The van der Waals surface area contributed by atoms with Gasteiger partial charge in [-0.05, 0) is 50.6 Å². The molecule has 1 aliphatic heterocycles. The molecule has 4 nitrogen and oxygen atoms in total. The van der Waals surface area contributed by atoms with Crippen molar-refractivity contribution in [2.24, 2.45) is 11.8 Å². The highest BCUT2D eigenvalue weighted by atomic mass is 35.5. The van der Waals surface area contributed by atoms with Crippen molar-refractivity contribution in [2.45, 2.75) is 38.5 Å². The SMILES string of the molecule is Cl.O=S(=O)(CC1CCCC1)NCCC1CCNC1. The lowest BCUT2D eigenvalue weighted by Crippen LogP contribution is -2.31.